The van der Waals surface area contributed by atoms with E-state index in [1.54, 1.807) is 7.05 Å². The van der Waals surface area contributed by atoms with E-state index in [1.807, 2.05) is 18.7 Å². The minimum absolute atomic E-state index is 0.723. The second-order valence-corrected chi connectivity index (χ2v) is 5.67. The maximum atomic E-state index is 4.45. The second kappa shape index (κ2) is 7.81. The van der Waals surface area contributed by atoms with Gasteiger partial charge in [-0.25, -0.2) is 0 Å². The Morgan fingerprint density at radius 2 is 1.78 bits per heavy atom. The summed E-state index contributed by atoms with van der Waals surface area (Å²) in [6, 6.07) is 8.50. The Hall–Kier alpha value is -2.30. The van der Waals surface area contributed by atoms with Crippen LogP contribution in [-0.4, -0.2) is 22.8 Å². The normalized spacial score (nSPS) is 11.6. The first kappa shape index (κ1) is 17.1. The molecule has 23 heavy (non-hydrogen) atoms. The molecule has 124 valence electrons. The number of aromatic nitrogens is 2. The molecular formula is C18H27N5. The van der Waals surface area contributed by atoms with Crippen molar-refractivity contribution in [2.45, 2.75) is 40.3 Å². The number of benzene rings is 1. The standard InChI is InChI=1S/C18H27N5/c1-6-15-9-7-8-10-16(15)11-20-18(19-4)21-12-17-13(2)22-23(5)14(17)3/h7-10H,6,11-12H2,1-5H3,(H2,19,20,21). The van der Waals surface area contributed by atoms with Gasteiger partial charge in [0.1, 0.15) is 0 Å². The van der Waals surface area contributed by atoms with Crippen LogP contribution in [0.25, 0.3) is 0 Å². The van der Waals surface area contributed by atoms with Crippen molar-refractivity contribution >= 4 is 5.96 Å². The third kappa shape index (κ3) is 4.12. The molecule has 0 aliphatic carbocycles. The lowest BCUT2D eigenvalue weighted by Gasteiger charge is -2.14. The van der Waals surface area contributed by atoms with E-state index >= 15 is 0 Å². The summed E-state index contributed by atoms with van der Waals surface area (Å²) in [5, 5.41) is 11.2. The maximum Gasteiger partial charge on any atom is 0.191 e. The first-order valence-corrected chi connectivity index (χ1v) is 8.07. The van der Waals surface area contributed by atoms with Crippen molar-refractivity contribution in [1.82, 2.24) is 20.4 Å². The third-order valence-electron chi connectivity index (χ3n) is 4.26. The van der Waals surface area contributed by atoms with Gasteiger partial charge in [-0.15, -0.1) is 0 Å². The fraction of sp³-hybridized carbons (Fsp3) is 0.444. The van der Waals surface area contributed by atoms with Gasteiger partial charge in [0.2, 0.25) is 0 Å². The molecule has 2 aromatic rings. The molecule has 2 N–H and O–H groups in total. The molecule has 0 atom stereocenters. The highest BCUT2D eigenvalue weighted by Crippen LogP contribution is 2.11. The summed E-state index contributed by atoms with van der Waals surface area (Å²) in [6.45, 7) is 7.80. The molecule has 0 saturated carbocycles. The predicted octanol–water partition coefficient (Wildman–Crippen LogP) is 2.46. The number of nitrogens with zero attached hydrogens (tertiary/aromatic N) is 3. The van der Waals surface area contributed by atoms with Gasteiger partial charge in [-0.05, 0) is 31.4 Å². The second-order valence-electron chi connectivity index (χ2n) is 5.67. The summed E-state index contributed by atoms with van der Waals surface area (Å²) in [7, 11) is 3.77. The molecule has 1 aromatic heterocycles. The van der Waals surface area contributed by atoms with E-state index in [-0.39, 0.29) is 0 Å². The van der Waals surface area contributed by atoms with Crippen LogP contribution in [0, 0.1) is 13.8 Å². The summed E-state index contributed by atoms with van der Waals surface area (Å²) < 4.78 is 1.92. The molecule has 5 nitrogen and oxygen atoms in total. The van der Waals surface area contributed by atoms with Gasteiger partial charge in [0.05, 0.1) is 5.69 Å². The summed E-state index contributed by atoms with van der Waals surface area (Å²) in [5.41, 5.74) is 6.15. The highest BCUT2D eigenvalue weighted by molar-refractivity contribution is 5.79. The smallest absolute Gasteiger partial charge is 0.191 e. The Balaban J connectivity index is 1.96. The molecule has 0 spiro atoms. The molecule has 5 heteroatoms. The van der Waals surface area contributed by atoms with E-state index in [2.05, 4.69) is 58.8 Å². The van der Waals surface area contributed by atoms with Gasteiger partial charge >= 0.3 is 0 Å². The first-order valence-electron chi connectivity index (χ1n) is 8.07. The van der Waals surface area contributed by atoms with E-state index < -0.39 is 0 Å². The average molecular weight is 313 g/mol. The summed E-state index contributed by atoms with van der Waals surface area (Å²) in [4.78, 5) is 4.31. The summed E-state index contributed by atoms with van der Waals surface area (Å²) in [6.07, 6.45) is 1.04. The van der Waals surface area contributed by atoms with Crippen LogP contribution in [0.1, 0.15) is 35.0 Å². The highest BCUT2D eigenvalue weighted by Gasteiger charge is 2.10. The molecule has 0 aliphatic rings. The number of aliphatic imine (C=N–C) groups is 1. The van der Waals surface area contributed by atoms with Gasteiger partial charge in [-0.2, -0.15) is 5.10 Å². The zero-order chi connectivity index (χ0) is 16.8. The zero-order valence-electron chi connectivity index (χ0n) is 14.8. The van der Waals surface area contributed by atoms with E-state index in [0.29, 0.717) is 0 Å². The van der Waals surface area contributed by atoms with E-state index in [1.165, 1.54) is 22.4 Å². The van der Waals surface area contributed by atoms with Crippen LogP contribution in [0.3, 0.4) is 0 Å². The van der Waals surface area contributed by atoms with Crippen molar-refractivity contribution in [1.29, 1.82) is 0 Å². The predicted molar refractivity (Wildman–Crippen MR) is 95.5 cm³/mol. The van der Waals surface area contributed by atoms with Gasteiger partial charge in [-0.3, -0.25) is 9.67 Å². The van der Waals surface area contributed by atoms with Crippen LogP contribution in [0.4, 0.5) is 0 Å². The van der Waals surface area contributed by atoms with Crippen LogP contribution in [-0.2, 0) is 26.6 Å². The SMILES string of the molecule is CCc1ccccc1CNC(=NC)NCc1c(C)nn(C)c1C. The van der Waals surface area contributed by atoms with Crippen molar-refractivity contribution in [3.63, 3.8) is 0 Å². The van der Waals surface area contributed by atoms with Crippen LogP contribution in [0.15, 0.2) is 29.3 Å². The quantitative estimate of drug-likeness (QED) is 0.658. The Bertz CT molecular complexity index is 685. The number of hydrogen-bond donors (Lipinski definition) is 2. The lowest BCUT2D eigenvalue weighted by atomic mass is 10.1. The molecule has 0 saturated heterocycles. The van der Waals surface area contributed by atoms with Crippen molar-refractivity contribution < 1.29 is 0 Å². The third-order valence-corrected chi connectivity index (χ3v) is 4.26. The fourth-order valence-electron chi connectivity index (χ4n) is 2.72. The largest absolute Gasteiger partial charge is 0.352 e. The minimum Gasteiger partial charge on any atom is -0.352 e. The number of hydrogen-bond acceptors (Lipinski definition) is 2. The minimum atomic E-state index is 0.723. The van der Waals surface area contributed by atoms with E-state index in [0.717, 1.165) is 31.2 Å². The molecular weight excluding hydrogens is 286 g/mol. The molecule has 0 radical (unpaired) electrons. The molecule has 0 bridgehead atoms. The monoisotopic (exact) mass is 313 g/mol. The average Bonchev–Trinajstić information content (AvgIpc) is 2.81. The van der Waals surface area contributed by atoms with Gasteiger partial charge < -0.3 is 10.6 Å². The number of rotatable bonds is 5. The van der Waals surface area contributed by atoms with E-state index in [4.69, 9.17) is 0 Å². The fourth-order valence-corrected chi connectivity index (χ4v) is 2.72. The lowest BCUT2D eigenvalue weighted by Crippen LogP contribution is -2.36. The van der Waals surface area contributed by atoms with Crippen molar-refractivity contribution in [3.8, 4) is 0 Å². The number of nitrogens with one attached hydrogen (secondary N) is 2. The van der Waals surface area contributed by atoms with Gasteiger partial charge in [0.15, 0.2) is 5.96 Å². The molecule has 0 aliphatic heterocycles. The Morgan fingerprint density at radius 3 is 2.35 bits per heavy atom. The molecule has 0 fully saturated rings. The van der Waals surface area contributed by atoms with Crippen molar-refractivity contribution in [3.05, 3.63) is 52.3 Å². The zero-order valence-corrected chi connectivity index (χ0v) is 14.8. The van der Waals surface area contributed by atoms with Crippen LogP contribution in [0.5, 0.6) is 0 Å². The van der Waals surface area contributed by atoms with Gasteiger partial charge in [-0.1, -0.05) is 31.2 Å². The van der Waals surface area contributed by atoms with Crippen molar-refractivity contribution in [2.24, 2.45) is 12.0 Å². The number of aryl methyl sites for hydroxylation is 3. The molecule has 0 unspecified atom stereocenters. The lowest BCUT2D eigenvalue weighted by molar-refractivity contribution is 0.728. The number of guanidine groups is 1. The first-order chi connectivity index (χ1) is 11.1. The van der Waals surface area contributed by atoms with Crippen molar-refractivity contribution in [2.75, 3.05) is 7.05 Å². The maximum absolute atomic E-state index is 4.45. The van der Waals surface area contributed by atoms with Crippen LogP contribution < -0.4 is 10.6 Å². The Kier molecular flexibility index (Phi) is 5.79. The summed E-state index contributed by atoms with van der Waals surface area (Å²) >= 11 is 0. The Labute approximate surface area is 138 Å². The van der Waals surface area contributed by atoms with Crippen LogP contribution >= 0.6 is 0 Å². The van der Waals surface area contributed by atoms with Gasteiger partial charge in [0, 0.05) is 38.4 Å². The summed E-state index contributed by atoms with van der Waals surface area (Å²) in [5.74, 6) is 0.804. The highest BCUT2D eigenvalue weighted by atomic mass is 15.3. The molecule has 1 aromatic carbocycles. The van der Waals surface area contributed by atoms with Crippen LogP contribution in [0.2, 0.25) is 0 Å². The Morgan fingerprint density at radius 1 is 1.13 bits per heavy atom. The van der Waals surface area contributed by atoms with E-state index in [9.17, 15) is 0 Å². The molecule has 1 heterocycles. The molecule has 2 rings (SSSR count). The topological polar surface area (TPSA) is 54.2 Å². The molecule has 0 amide bonds. The van der Waals surface area contributed by atoms with Gasteiger partial charge in [0.25, 0.3) is 0 Å².